The van der Waals surface area contributed by atoms with Crippen molar-refractivity contribution in [2.24, 2.45) is 0 Å². The van der Waals surface area contributed by atoms with Gasteiger partial charge in [-0.3, -0.25) is 24.5 Å². The number of piperazine rings is 1. The lowest BCUT2D eigenvalue weighted by Crippen LogP contribution is -2.62. The number of carbonyl (C=O) groups is 1. The van der Waals surface area contributed by atoms with Crippen LogP contribution in [0, 0.1) is 0 Å². The second kappa shape index (κ2) is 16.0. The maximum Gasteiger partial charge on any atom is 0.262 e. The molecule has 3 saturated heterocycles. The smallest absolute Gasteiger partial charge is 0.262 e. The van der Waals surface area contributed by atoms with Crippen molar-refractivity contribution >= 4 is 49.9 Å². The molecule has 10 nitrogen and oxygen atoms in total. The highest BCUT2D eigenvalue weighted by Crippen LogP contribution is 2.45. The van der Waals surface area contributed by atoms with Gasteiger partial charge in [-0.25, -0.2) is 8.42 Å². The van der Waals surface area contributed by atoms with Crippen molar-refractivity contribution in [3.05, 3.63) is 93.5 Å². The van der Waals surface area contributed by atoms with Crippen molar-refractivity contribution < 1.29 is 22.2 Å². The third-order valence-corrected chi connectivity index (χ3v) is 13.0. The van der Waals surface area contributed by atoms with Gasteiger partial charge >= 0.3 is 0 Å². The second-order valence-corrected chi connectivity index (χ2v) is 17.4. The molecule has 1 amide bonds. The number of carbonyl (C=O) groups excluding carboxylic acids is 1. The molecule has 270 valence electrons. The number of nitrogens with zero attached hydrogens (tertiary/aromatic N) is 3. The average Bonchev–Trinajstić information content (AvgIpc) is 3.53. The van der Waals surface area contributed by atoms with E-state index in [0.717, 1.165) is 30.4 Å². The SMILES string of the molecule is CCOc1ccc(S(=O)(=O)N2CCCCC2)cc1C1(C(=O)N2CCN(CCS(C)=O)CC2)N[C@H](c2ccc(Cl)cc2)[C@H](c2ccc(Cl)cc2)N1. The zero-order valence-corrected chi connectivity index (χ0v) is 31.6. The molecule has 3 aromatic carbocycles. The quantitative estimate of drug-likeness (QED) is 0.284. The zero-order chi connectivity index (χ0) is 35.5. The molecule has 50 heavy (non-hydrogen) atoms. The summed E-state index contributed by atoms with van der Waals surface area (Å²) in [6.45, 7) is 5.94. The Balaban J connectivity index is 1.48. The van der Waals surface area contributed by atoms with Crippen molar-refractivity contribution in [1.29, 1.82) is 0 Å². The summed E-state index contributed by atoms with van der Waals surface area (Å²) in [5.74, 6) is 0.747. The Morgan fingerprint density at radius 2 is 1.42 bits per heavy atom. The highest BCUT2D eigenvalue weighted by atomic mass is 35.5. The van der Waals surface area contributed by atoms with E-state index in [1.165, 1.54) is 4.31 Å². The summed E-state index contributed by atoms with van der Waals surface area (Å²) in [6.07, 6.45) is 4.30. The summed E-state index contributed by atoms with van der Waals surface area (Å²) in [7, 11) is -4.76. The van der Waals surface area contributed by atoms with E-state index in [1.54, 1.807) is 24.5 Å². The summed E-state index contributed by atoms with van der Waals surface area (Å²) in [5.41, 5.74) is 0.606. The van der Waals surface area contributed by atoms with Crippen molar-refractivity contribution in [1.82, 2.24) is 24.7 Å². The van der Waals surface area contributed by atoms with Gasteiger partial charge in [0.1, 0.15) is 5.75 Å². The normalized spacial score (nSPS) is 24.3. The van der Waals surface area contributed by atoms with Crippen LogP contribution in [0.5, 0.6) is 5.75 Å². The molecule has 3 aliphatic heterocycles. The third kappa shape index (κ3) is 7.92. The molecule has 2 unspecified atom stereocenters. The summed E-state index contributed by atoms with van der Waals surface area (Å²) < 4.78 is 47.7. The van der Waals surface area contributed by atoms with Gasteiger partial charge in [0.2, 0.25) is 10.0 Å². The van der Waals surface area contributed by atoms with Crippen LogP contribution in [0.2, 0.25) is 10.0 Å². The first-order valence-corrected chi connectivity index (χ1v) is 21.1. The number of amides is 1. The number of hydrogen-bond acceptors (Lipinski definition) is 8. The van der Waals surface area contributed by atoms with Gasteiger partial charge in [0.15, 0.2) is 5.66 Å². The number of halogens is 2. The molecule has 0 aromatic heterocycles. The van der Waals surface area contributed by atoms with Gasteiger partial charge in [-0.1, -0.05) is 53.9 Å². The number of nitrogens with one attached hydrogen (secondary N) is 2. The average molecular weight is 763 g/mol. The maximum atomic E-state index is 15.3. The number of hydrogen-bond donors (Lipinski definition) is 2. The molecule has 0 bridgehead atoms. The number of benzene rings is 3. The fourth-order valence-electron chi connectivity index (χ4n) is 7.13. The monoisotopic (exact) mass is 761 g/mol. The largest absolute Gasteiger partial charge is 0.493 e. The van der Waals surface area contributed by atoms with E-state index in [9.17, 15) is 12.6 Å². The number of sulfonamides is 1. The van der Waals surface area contributed by atoms with Gasteiger partial charge in [-0.05, 0) is 73.4 Å². The second-order valence-electron chi connectivity index (χ2n) is 13.1. The Labute approximate surface area is 307 Å². The van der Waals surface area contributed by atoms with E-state index >= 15 is 4.79 Å². The van der Waals surface area contributed by atoms with E-state index in [2.05, 4.69) is 15.5 Å². The first-order chi connectivity index (χ1) is 24.0. The molecule has 0 aliphatic carbocycles. The molecule has 3 heterocycles. The summed E-state index contributed by atoms with van der Waals surface area (Å²) in [5, 5.41) is 8.58. The fraction of sp³-hybridized carbons (Fsp3) is 0.472. The summed E-state index contributed by atoms with van der Waals surface area (Å²) in [4.78, 5) is 19.4. The van der Waals surface area contributed by atoms with Gasteiger partial charge in [0.25, 0.3) is 5.91 Å². The van der Waals surface area contributed by atoms with Crippen LogP contribution in [0.4, 0.5) is 0 Å². The maximum absolute atomic E-state index is 15.3. The lowest BCUT2D eigenvalue weighted by molar-refractivity contribution is -0.141. The Morgan fingerprint density at radius 3 is 1.94 bits per heavy atom. The molecule has 6 rings (SSSR count). The van der Waals surface area contributed by atoms with Crippen LogP contribution >= 0.6 is 23.2 Å². The Bertz CT molecular complexity index is 1730. The first kappa shape index (κ1) is 37.2. The highest BCUT2D eigenvalue weighted by molar-refractivity contribution is 7.89. The predicted molar refractivity (Wildman–Crippen MR) is 199 cm³/mol. The topological polar surface area (TPSA) is 111 Å². The lowest BCUT2D eigenvalue weighted by atomic mass is 9.95. The van der Waals surface area contributed by atoms with Crippen molar-refractivity contribution in [3.8, 4) is 5.75 Å². The van der Waals surface area contributed by atoms with Gasteiger partial charge < -0.3 is 9.64 Å². The van der Waals surface area contributed by atoms with E-state index in [0.29, 0.717) is 79.5 Å². The van der Waals surface area contributed by atoms with E-state index < -0.39 is 38.6 Å². The van der Waals surface area contributed by atoms with E-state index in [-0.39, 0.29) is 10.8 Å². The van der Waals surface area contributed by atoms with Gasteiger partial charge in [0, 0.05) is 84.2 Å². The van der Waals surface area contributed by atoms with Gasteiger partial charge in [-0.2, -0.15) is 4.31 Å². The Morgan fingerprint density at radius 1 is 0.860 bits per heavy atom. The molecule has 2 N–H and O–H groups in total. The number of rotatable bonds is 11. The van der Waals surface area contributed by atoms with E-state index in [4.69, 9.17) is 27.9 Å². The summed E-state index contributed by atoms with van der Waals surface area (Å²) in [6, 6.07) is 19.0. The van der Waals surface area contributed by atoms with Crippen LogP contribution < -0.4 is 15.4 Å². The highest BCUT2D eigenvalue weighted by Gasteiger charge is 2.55. The third-order valence-electron chi connectivity index (χ3n) is 9.82. The van der Waals surface area contributed by atoms with Crippen LogP contribution in [0.15, 0.2) is 71.6 Å². The van der Waals surface area contributed by atoms with Crippen LogP contribution in [-0.2, 0) is 31.3 Å². The van der Waals surface area contributed by atoms with Crippen LogP contribution in [-0.4, -0.2) is 97.1 Å². The lowest BCUT2D eigenvalue weighted by Gasteiger charge is -2.40. The molecular weight excluding hydrogens is 717 g/mol. The van der Waals surface area contributed by atoms with Crippen LogP contribution in [0.1, 0.15) is 55.0 Å². The van der Waals surface area contributed by atoms with Crippen LogP contribution in [0.3, 0.4) is 0 Å². The molecule has 0 saturated carbocycles. The minimum atomic E-state index is -3.85. The molecular formula is C36H45Cl2N5O5S2. The van der Waals surface area contributed by atoms with Gasteiger partial charge in [0.05, 0.1) is 23.6 Å². The van der Waals surface area contributed by atoms with Crippen molar-refractivity contribution in [2.45, 2.75) is 48.8 Å². The number of ether oxygens (including phenoxy) is 1. The minimum Gasteiger partial charge on any atom is -0.493 e. The Hall–Kier alpha value is -2.55. The van der Waals surface area contributed by atoms with Crippen molar-refractivity contribution in [2.75, 3.05) is 64.4 Å². The predicted octanol–water partition coefficient (Wildman–Crippen LogP) is 4.92. The molecule has 4 atom stereocenters. The van der Waals surface area contributed by atoms with Gasteiger partial charge in [-0.15, -0.1) is 0 Å². The molecule has 3 aliphatic rings. The van der Waals surface area contributed by atoms with E-state index in [1.807, 2.05) is 60.4 Å². The number of piperidine rings is 1. The first-order valence-electron chi connectivity index (χ1n) is 17.2. The Kier molecular flexibility index (Phi) is 11.9. The molecule has 3 fully saturated rings. The zero-order valence-electron chi connectivity index (χ0n) is 28.4. The molecule has 0 radical (unpaired) electrons. The summed E-state index contributed by atoms with van der Waals surface area (Å²) >= 11 is 12.6. The molecule has 0 spiro atoms. The molecule has 14 heteroatoms. The minimum absolute atomic E-state index is 0.115. The standard InChI is InChI=1S/C36H45Cl2N5O5S2/c1-3-48-32-16-15-30(50(46,47)43-17-5-4-6-18-43)25-31(32)36(35(44)42-21-19-41(20-22-42)23-24-49(2)45)39-33(26-7-11-28(37)12-8-26)34(40-36)27-9-13-29(38)14-10-27/h7-16,25,33-34,39-40H,3-6,17-24H2,1-2H3/t33-,34+,36?,49?. The fourth-order valence-corrected chi connectivity index (χ4v) is 9.44. The van der Waals surface area contributed by atoms with Crippen LogP contribution in [0.25, 0.3) is 0 Å². The van der Waals surface area contributed by atoms with Crippen molar-refractivity contribution in [3.63, 3.8) is 0 Å². The molecule has 3 aromatic rings.